The summed E-state index contributed by atoms with van der Waals surface area (Å²) in [4.78, 5) is 27.0. The van der Waals surface area contributed by atoms with E-state index in [1.165, 1.54) is 16.2 Å². The molecule has 1 aromatic heterocycles. The normalized spacial score (nSPS) is 17.4. The number of carbonyl (C=O) groups excluding carboxylic acids is 2. The summed E-state index contributed by atoms with van der Waals surface area (Å²) in [6, 6.07) is 7.39. The second kappa shape index (κ2) is 10.3. The van der Waals surface area contributed by atoms with E-state index in [1.807, 2.05) is 31.2 Å². The molecule has 3 N–H and O–H groups in total. The van der Waals surface area contributed by atoms with Crippen LogP contribution in [0.1, 0.15) is 47.0 Å². The van der Waals surface area contributed by atoms with Crippen LogP contribution >= 0.6 is 11.3 Å². The van der Waals surface area contributed by atoms with Gasteiger partial charge in [-0.25, -0.2) is 0 Å². The van der Waals surface area contributed by atoms with Crippen LogP contribution in [0.15, 0.2) is 24.3 Å². The third kappa shape index (κ3) is 5.26. The molecule has 1 aromatic carbocycles. The summed E-state index contributed by atoms with van der Waals surface area (Å²) in [5.74, 6) is 0.269. The van der Waals surface area contributed by atoms with Gasteiger partial charge in [-0.3, -0.25) is 9.59 Å². The molecule has 1 unspecified atom stereocenters. The minimum absolute atomic E-state index is 0.151. The first-order valence-corrected chi connectivity index (χ1v) is 11.8. The summed E-state index contributed by atoms with van der Waals surface area (Å²) in [6.07, 6.45) is 5.13. The molecule has 1 saturated heterocycles. The lowest BCUT2D eigenvalue weighted by Gasteiger charge is -2.13. The summed E-state index contributed by atoms with van der Waals surface area (Å²) in [5.41, 5.74) is 2.26. The Kier molecular flexibility index (Phi) is 7.21. The van der Waals surface area contributed by atoms with Gasteiger partial charge in [0.15, 0.2) is 0 Å². The SMILES string of the molecule is CCOc1ccccc1NC(=O)c1c(NC(=O)CNCC2CCCO2)sc2c1CCC2. The van der Waals surface area contributed by atoms with Crippen LogP contribution in [0.5, 0.6) is 5.75 Å². The van der Waals surface area contributed by atoms with Gasteiger partial charge in [-0.15, -0.1) is 11.3 Å². The predicted molar refractivity (Wildman–Crippen MR) is 122 cm³/mol. The lowest BCUT2D eigenvalue weighted by molar-refractivity contribution is -0.115. The molecule has 166 valence electrons. The lowest BCUT2D eigenvalue weighted by atomic mass is 10.1. The molecule has 0 bridgehead atoms. The zero-order chi connectivity index (χ0) is 21.6. The van der Waals surface area contributed by atoms with Gasteiger partial charge in [-0.05, 0) is 56.7 Å². The topological polar surface area (TPSA) is 88.7 Å². The molecular weight excluding hydrogens is 414 g/mol. The molecule has 4 rings (SSSR count). The predicted octanol–water partition coefficient (Wildman–Crippen LogP) is 3.59. The van der Waals surface area contributed by atoms with Crippen LogP contribution in [-0.2, 0) is 22.4 Å². The van der Waals surface area contributed by atoms with Gasteiger partial charge in [0.25, 0.3) is 5.91 Å². The standard InChI is InChI=1S/C23H29N3O4S/c1-2-29-18-10-4-3-9-17(18)25-22(28)21-16-8-5-11-19(16)31-23(21)26-20(27)14-24-13-15-7-6-12-30-15/h3-4,9-10,15,24H,2,5-8,11-14H2,1H3,(H,25,28)(H,26,27). The number of ether oxygens (including phenoxy) is 2. The molecule has 0 saturated carbocycles. The highest BCUT2D eigenvalue weighted by Crippen LogP contribution is 2.39. The Bertz CT molecular complexity index is 937. The molecule has 2 amide bonds. The molecule has 2 aliphatic rings. The van der Waals surface area contributed by atoms with Crippen molar-refractivity contribution < 1.29 is 19.1 Å². The van der Waals surface area contributed by atoms with E-state index >= 15 is 0 Å². The Morgan fingerprint density at radius 3 is 2.87 bits per heavy atom. The molecule has 1 aliphatic carbocycles. The second-order valence-electron chi connectivity index (χ2n) is 7.76. The van der Waals surface area contributed by atoms with E-state index in [9.17, 15) is 9.59 Å². The average Bonchev–Trinajstić information content (AvgIpc) is 3.47. The monoisotopic (exact) mass is 443 g/mol. The van der Waals surface area contributed by atoms with Gasteiger partial charge >= 0.3 is 0 Å². The number of rotatable bonds is 9. The van der Waals surface area contributed by atoms with E-state index in [4.69, 9.17) is 9.47 Å². The molecule has 1 fully saturated rings. The number of carbonyl (C=O) groups is 2. The van der Waals surface area contributed by atoms with Crippen LogP contribution in [0.2, 0.25) is 0 Å². The van der Waals surface area contributed by atoms with Crippen molar-refractivity contribution in [2.24, 2.45) is 0 Å². The number of hydrogen-bond donors (Lipinski definition) is 3. The van der Waals surface area contributed by atoms with E-state index in [2.05, 4.69) is 16.0 Å². The number of hydrogen-bond acceptors (Lipinski definition) is 6. The zero-order valence-electron chi connectivity index (χ0n) is 17.8. The number of amides is 2. The number of benzene rings is 1. The largest absolute Gasteiger partial charge is 0.492 e. The number of aryl methyl sites for hydroxylation is 1. The van der Waals surface area contributed by atoms with Crippen molar-refractivity contribution in [3.8, 4) is 5.75 Å². The van der Waals surface area contributed by atoms with Crippen LogP contribution in [0.25, 0.3) is 0 Å². The first-order valence-electron chi connectivity index (χ1n) is 11.0. The molecule has 7 nitrogen and oxygen atoms in total. The first kappa shape index (κ1) is 21.8. The molecule has 1 atom stereocenters. The van der Waals surface area contributed by atoms with Crippen molar-refractivity contribution >= 4 is 33.8 Å². The zero-order valence-corrected chi connectivity index (χ0v) is 18.6. The van der Waals surface area contributed by atoms with E-state index in [0.717, 1.165) is 44.3 Å². The van der Waals surface area contributed by atoms with Gasteiger partial charge in [0.05, 0.1) is 30.5 Å². The Hall–Kier alpha value is -2.42. The Balaban J connectivity index is 1.45. The van der Waals surface area contributed by atoms with Crippen molar-refractivity contribution in [3.05, 3.63) is 40.3 Å². The number of para-hydroxylation sites is 2. The van der Waals surface area contributed by atoms with Gasteiger partial charge in [0.2, 0.25) is 5.91 Å². The minimum Gasteiger partial charge on any atom is -0.492 e. The van der Waals surface area contributed by atoms with Crippen LogP contribution in [-0.4, -0.2) is 44.2 Å². The summed E-state index contributed by atoms with van der Waals surface area (Å²) in [5, 5.41) is 9.72. The quantitative estimate of drug-likeness (QED) is 0.551. The molecule has 2 aromatic rings. The maximum Gasteiger partial charge on any atom is 0.259 e. The van der Waals surface area contributed by atoms with Gasteiger partial charge in [0.1, 0.15) is 10.8 Å². The number of fused-ring (bicyclic) bond motifs is 1. The van der Waals surface area contributed by atoms with Crippen LogP contribution in [0.4, 0.5) is 10.7 Å². The summed E-state index contributed by atoms with van der Waals surface area (Å²) >= 11 is 1.51. The third-order valence-corrected chi connectivity index (χ3v) is 6.73. The van der Waals surface area contributed by atoms with Gasteiger partial charge in [-0.2, -0.15) is 0 Å². The molecule has 31 heavy (non-hydrogen) atoms. The van der Waals surface area contributed by atoms with Gasteiger partial charge in [0, 0.05) is 18.0 Å². The highest BCUT2D eigenvalue weighted by Gasteiger charge is 2.28. The molecule has 0 spiro atoms. The van der Waals surface area contributed by atoms with Gasteiger partial charge < -0.3 is 25.4 Å². The number of nitrogens with one attached hydrogen (secondary N) is 3. The Morgan fingerprint density at radius 2 is 2.06 bits per heavy atom. The fourth-order valence-corrected chi connectivity index (χ4v) is 5.39. The molecular formula is C23H29N3O4S. The molecule has 1 aliphatic heterocycles. The Labute approximate surface area is 186 Å². The third-order valence-electron chi connectivity index (χ3n) is 5.52. The van der Waals surface area contributed by atoms with Crippen LogP contribution in [0.3, 0.4) is 0 Å². The Morgan fingerprint density at radius 1 is 1.19 bits per heavy atom. The number of anilines is 2. The van der Waals surface area contributed by atoms with E-state index in [1.54, 1.807) is 0 Å². The summed E-state index contributed by atoms with van der Waals surface area (Å²) in [7, 11) is 0. The fourth-order valence-electron chi connectivity index (χ4n) is 4.09. The minimum atomic E-state index is -0.214. The van der Waals surface area contributed by atoms with Crippen molar-refractivity contribution in [1.29, 1.82) is 0 Å². The van der Waals surface area contributed by atoms with E-state index in [-0.39, 0.29) is 24.5 Å². The maximum atomic E-state index is 13.2. The fraction of sp³-hybridized carbons (Fsp3) is 0.478. The summed E-state index contributed by atoms with van der Waals surface area (Å²) < 4.78 is 11.2. The highest BCUT2D eigenvalue weighted by atomic mass is 32.1. The summed E-state index contributed by atoms with van der Waals surface area (Å²) in [6.45, 7) is 4.07. The van der Waals surface area contributed by atoms with Crippen molar-refractivity contribution in [2.75, 3.05) is 36.9 Å². The molecule has 8 heteroatoms. The van der Waals surface area contributed by atoms with E-state index in [0.29, 0.717) is 35.2 Å². The average molecular weight is 444 g/mol. The van der Waals surface area contributed by atoms with Crippen LogP contribution < -0.4 is 20.7 Å². The number of thiophene rings is 1. The molecule has 2 heterocycles. The first-order chi connectivity index (χ1) is 15.2. The van der Waals surface area contributed by atoms with E-state index < -0.39 is 0 Å². The highest BCUT2D eigenvalue weighted by molar-refractivity contribution is 7.17. The lowest BCUT2D eigenvalue weighted by Crippen LogP contribution is -2.33. The maximum absolute atomic E-state index is 13.2. The van der Waals surface area contributed by atoms with Crippen molar-refractivity contribution in [1.82, 2.24) is 5.32 Å². The van der Waals surface area contributed by atoms with Crippen LogP contribution in [0, 0.1) is 0 Å². The van der Waals surface area contributed by atoms with Crippen molar-refractivity contribution in [3.63, 3.8) is 0 Å². The second-order valence-corrected chi connectivity index (χ2v) is 8.86. The smallest absolute Gasteiger partial charge is 0.259 e. The van der Waals surface area contributed by atoms with Crippen molar-refractivity contribution in [2.45, 2.75) is 45.1 Å². The molecule has 0 radical (unpaired) electrons. The van der Waals surface area contributed by atoms with Gasteiger partial charge in [-0.1, -0.05) is 12.1 Å².